The molecule has 1 aromatic rings. The van der Waals surface area contributed by atoms with Crippen LogP contribution in [0.15, 0.2) is 29.3 Å². The summed E-state index contributed by atoms with van der Waals surface area (Å²) in [5.41, 5.74) is 0.707. The summed E-state index contributed by atoms with van der Waals surface area (Å²) in [4.78, 5) is 14.4. The van der Waals surface area contributed by atoms with Crippen molar-refractivity contribution in [3.05, 3.63) is 29.8 Å². The first-order valence-corrected chi connectivity index (χ1v) is 5.70. The number of unbranched alkanes of at least 4 members (excludes halogenated alkanes) is 2. The summed E-state index contributed by atoms with van der Waals surface area (Å²) in [6.45, 7) is 0.661. The van der Waals surface area contributed by atoms with Crippen LogP contribution in [0.4, 0.5) is 0 Å². The highest BCUT2D eigenvalue weighted by molar-refractivity contribution is 5.83. The van der Waals surface area contributed by atoms with Gasteiger partial charge in [-0.3, -0.25) is 9.79 Å². The Morgan fingerprint density at radius 3 is 2.71 bits per heavy atom. The van der Waals surface area contributed by atoms with Crippen molar-refractivity contribution in [3.63, 3.8) is 0 Å². The lowest BCUT2D eigenvalue weighted by molar-refractivity contribution is -0.137. The zero-order valence-electron chi connectivity index (χ0n) is 9.67. The number of phenols is 1. The van der Waals surface area contributed by atoms with Gasteiger partial charge in [0.25, 0.3) is 0 Å². The summed E-state index contributed by atoms with van der Waals surface area (Å²) in [7, 11) is 0. The van der Waals surface area contributed by atoms with Crippen LogP contribution in [0.2, 0.25) is 0 Å². The number of aliphatic carboxylic acids is 1. The summed E-state index contributed by atoms with van der Waals surface area (Å²) in [6, 6.07) is 7.02. The van der Waals surface area contributed by atoms with Crippen LogP contribution in [0.1, 0.15) is 31.2 Å². The van der Waals surface area contributed by atoms with Gasteiger partial charge in [-0.2, -0.15) is 0 Å². The number of aromatic hydroxyl groups is 1. The van der Waals surface area contributed by atoms with Crippen LogP contribution < -0.4 is 0 Å². The van der Waals surface area contributed by atoms with E-state index >= 15 is 0 Å². The number of hydrogen-bond donors (Lipinski definition) is 2. The standard InChI is InChI=1S/C13H17NO3/c15-12-7-4-3-6-11(12)10-14-9-5-1-2-8-13(16)17/h3-4,6-7,10,15H,1-2,5,8-9H2,(H,16,17). The second-order valence-electron chi connectivity index (χ2n) is 3.80. The molecule has 0 atom stereocenters. The van der Waals surface area contributed by atoms with Gasteiger partial charge in [-0.25, -0.2) is 0 Å². The molecule has 0 aliphatic carbocycles. The lowest BCUT2D eigenvalue weighted by atomic mass is 10.2. The minimum Gasteiger partial charge on any atom is -0.507 e. The SMILES string of the molecule is O=C(O)CCCCCN=Cc1ccccc1O. The number of phenolic OH excluding ortho intramolecular Hbond substituents is 1. The van der Waals surface area contributed by atoms with E-state index < -0.39 is 5.97 Å². The second kappa shape index (κ2) is 7.44. The van der Waals surface area contributed by atoms with Crippen LogP contribution in [0.25, 0.3) is 0 Å². The van der Waals surface area contributed by atoms with Gasteiger partial charge < -0.3 is 10.2 Å². The van der Waals surface area contributed by atoms with E-state index in [0.29, 0.717) is 18.5 Å². The van der Waals surface area contributed by atoms with Gasteiger partial charge in [0.05, 0.1) is 0 Å². The van der Waals surface area contributed by atoms with Gasteiger partial charge in [0, 0.05) is 24.7 Å². The Kier molecular flexibility index (Phi) is 5.79. The molecule has 0 spiro atoms. The number of hydrogen-bond acceptors (Lipinski definition) is 3. The molecule has 0 aliphatic rings. The number of rotatable bonds is 7. The number of carboxylic acid groups (broad SMARTS) is 1. The molecule has 92 valence electrons. The van der Waals surface area contributed by atoms with E-state index in [9.17, 15) is 9.90 Å². The summed E-state index contributed by atoms with van der Waals surface area (Å²) in [6.07, 6.45) is 4.30. The summed E-state index contributed by atoms with van der Waals surface area (Å²) < 4.78 is 0. The molecule has 0 bridgehead atoms. The molecule has 0 aliphatic heterocycles. The first-order chi connectivity index (χ1) is 8.20. The van der Waals surface area contributed by atoms with Crippen LogP contribution in [-0.4, -0.2) is 28.9 Å². The van der Waals surface area contributed by atoms with Crippen LogP contribution >= 0.6 is 0 Å². The minimum absolute atomic E-state index is 0.224. The van der Waals surface area contributed by atoms with Gasteiger partial charge in [-0.15, -0.1) is 0 Å². The molecule has 0 saturated carbocycles. The van der Waals surface area contributed by atoms with Gasteiger partial charge in [-0.05, 0) is 25.0 Å². The molecule has 1 aromatic carbocycles. The zero-order valence-corrected chi connectivity index (χ0v) is 9.67. The second-order valence-corrected chi connectivity index (χ2v) is 3.80. The molecule has 0 amide bonds. The normalized spacial score (nSPS) is 10.8. The topological polar surface area (TPSA) is 69.9 Å². The number of nitrogens with zero attached hydrogens (tertiary/aromatic N) is 1. The molecule has 0 radical (unpaired) electrons. The zero-order chi connectivity index (χ0) is 12.5. The monoisotopic (exact) mass is 235 g/mol. The predicted octanol–water partition coefficient (Wildman–Crippen LogP) is 2.46. The molecule has 0 saturated heterocycles. The third kappa shape index (κ3) is 5.70. The van der Waals surface area contributed by atoms with Crippen molar-refractivity contribution in [2.24, 2.45) is 4.99 Å². The molecule has 0 aromatic heterocycles. The van der Waals surface area contributed by atoms with E-state index in [1.165, 1.54) is 0 Å². The van der Waals surface area contributed by atoms with E-state index in [1.807, 2.05) is 6.07 Å². The molecule has 0 heterocycles. The first-order valence-electron chi connectivity index (χ1n) is 5.70. The van der Waals surface area contributed by atoms with Gasteiger partial charge >= 0.3 is 5.97 Å². The number of benzene rings is 1. The Labute approximate surface area is 101 Å². The fourth-order valence-corrected chi connectivity index (χ4v) is 1.42. The lowest BCUT2D eigenvalue weighted by Crippen LogP contribution is -1.94. The third-order valence-electron chi connectivity index (χ3n) is 2.34. The van der Waals surface area contributed by atoms with E-state index in [2.05, 4.69) is 4.99 Å². The number of para-hydroxylation sites is 1. The Morgan fingerprint density at radius 1 is 1.24 bits per heavy atom. The maximum atomic E-state index is 10.3. The Hall–Kier alpha value is -1.84. The van der Waals surface area contributed by atoms with Crippen LogP contribution in [0, 0.1) is 0 Å². The van der Waals surface area contributed by atoms with E-state index in [0.717, 1.165) is 12.8 Å². The predicted molar refractivity (Wildman–Crippen MR) is 66.7 cm³/mol. The van der Waals surface area contributed by atoms with Crippen LogP contribution in [0.3, 0.4) is 0 Å². The molecule has 4 nitrogen and oxygen atoms in total. The first kappa shape index (κ1) is 13.2. The minimum atomic E-state index is -0.747. The van der Waals surface area contributed by atoms with E-state index in [1.54, 1.807) is 24.4 Å². The number of carboxylic acids is 1. The Bertz CT molecular complexity index is 388. The van der Waals surface area contributed by atoms with Crippen molar-refractivity contribution in [2.75, 3.05) is 6.54 Å². The van der Waals surface area contributed by atoms with Gasteiger partial charge in [-0.1, -0.05) is 18.6 Å². The maximum absolute atomic E-state index is 10.3. The van der Waals surface area contributed by atoms with E-state index in [4.69, 9.17) is 5.11 Å². The number of aliphatic imine (C=N–C) groups is 1. The average Bonchev–Trinajstić information content (AvgIpc) is 2.30. The Morgan fingerprint density at radius 2 is 2.00 bits per heavy atom. The van der Waals surface area contributed by atoms with Crippen LogP contribution in [-0.2, 0) is 4.79 Å². The molecule has 2 N–H and O–H groups in total. The van der Waals surface area contributed by atoms with E-state index in [-0.39, 0.29) is 12.2 Å². The smallest absolute Gasteiger partial charge is 0.303 e. The third-order valence-corrected chi connectivity index (χ3v) is 2.34. The summed E-state index contributed by atoms with van der Waals surface area (Å²) >= 11 is 0. The van der Waals surface area contributed by atoms with Crippen molar-refractivity contribution in [3.8, 4) is 5.75 Å². The largest absolute Gasteiger partial charge is 0.507 e. The van der Waals surface area contributed by atoms with Crippen molar-refractivity contribution < 1.29 is 15.0 Å². The average molecular weight is 235 g/mol. The lowest BCUT2D eigenvalue weighted by Gasteiger charge is -1.97. The highest BCUT2D eigenvalue weighted by Gasteiger charge is 1.96. The quantitative estimate of drug-likeness (QED) is 0.563. The van der Waals surface area contributed by atoms with Crippen LogP contribution in [0.5, 0.6) is 5.75 Å². The summed E-state index contributed by atoms with van der Waals surface area (Å²) in [5.74, 6) is -0.523. The van der Waals surface area contributed by atoms with Gasteiger partial charge in [0.15, 0.2) is 0 Å². The molecule has 1 rings (SSSR count). The summed E-state index contributed by atoms with van der Waals surface area (Å²) in [5, 5.41) is 17.9. The fraction of sp³-hybridized carbons (Fsp3) is 0.385. The fourth-order valence-electron chi connectivity index (χ4n) is 1.42. The molecule has 4 heteroatoms. The molecule has 17 heavy (non-hydrogen) atoms. The molecular formula is C13H17NO3. The van der Waals surface area contributed by atoms with Gasteiger partial charge in [0.1, 0.15) is 5.75 Å². The molecule has 0 fully saturated rings. The highest BCUT2D eigenvalue weighted by Crippen LogP contribution is 2.12. The molecular weight excluding hydrogens is 218 g/mol. The maximum Gasteiger partial charge on any atom is 0.303 e. The van der Waals surface area contributed by atoms with Crippen molar-refractivity contribution in [2.45, 2.75) is 25.7 Å². The van der Waals surface area contributed by atoms with Crippen molar-refractivity contribution >= 4 is 12.2 Å². The molecule has 0 unspecified atom stereocenters. The number of carbonyl (C=O) groups is 1. The van der Waals surface area contributed by atoms with Crippen molar-refractivity contribution in [1.82, 2.24) is 0 Å². The highest BCUT2D eigenvalue weighted by atomic mass is 16.4. The van der Waals surface area contributed by atoms with Gasteiger partial charge in [0.2, 0.25) is 0 Å². The van der Waals surface area contributed by atoms with Crippen molar-refractivity contribution in [1.29, 1.82) is 0 Å². The Balaban J connectivity index is 2.18.